The van der Waals surface area contributed by atoms with Crippen LogP contribution >= 0.6 is 11.3 Å². The number of carbonyl (C=O) groups excluding carboxylic acids is 1. The van der Waals surface area contributed by atoms with Crippen LogP contribution in [0.2, 0.25) is 0 Å². The number of hydrogen-bond acceptors (Lipinski definition) is 3. The van der Waals surface area contributed by atoms with Crippen LogP contribution in [0, 0.1) is 11.3 Å². The quantitative estimate of drug-likeness (QED) is 0.877. The lowest BCUT2D eigenvalue weighted by molar-refractivity contribution is -0.122. The van der Waals surface area contributed by atoms with Crippen LogP contribution in [0.4, 0.5) is 0 Å². The van der Waals surface area contributed by atoms with Crippen LogP contribution in [0.5, 0.6) is 0 Å². The molecule has 1 aromatic heterocycles. The molecular formula is C12H16N2OS. The molecule has 0 bridgehead atoms. The summed E-state index contributed by atoms with van der Waals surface area (Å²) in [5, 5.41) is 13.8. The van der Waals surface area contributed by atoms with Gasteiger partial charge in [-0.15, -0.1) is 11.3 Å². The van der Waals surface area contributed by atoms with Crippen LogP contribution in [-0.2, 0) is 4.79 Å². The number of nitrogens with zero attached hydrogens (tertiary/aromatic N) is 1. The van der Waals surface area contributed by atoms with E-state index < -0.39 is 0 Å². The molecule has 1 aromatic rings. The van der Waals surface area contributed by atoms with Gasteiger partial charge in [0.15, 0.2) is 0 Å². The summed E-state index contributed by atoms with van der Waals surface area (Å²) in [6.45, 7) is 5.78. The summed E-state index contributed by atoms with van der Waals surface area (Å²) in [4.78, 5) is 12.6. The van der Waals surface area contributed by atoms with E-state index in [1.165, 1.54) is 11.3 Å². The molecule has 1 atom stereocenters. The predicted molar refractivity (Wildman–Crippen MR) is 65.2 cm³/mol. The summed E-state index contributed by atoms with van der Waals surface area (Å²) in [6.07, 6.45) is 0.230. The van der Waals surface area contributed by atoms with Gasteiger partial charge >= 0.3 is 0 Å². The Labute approximate surface area is 100 Å². The lowest BCUT2D eigenvalue weighted by Gasteiger charge is -2.21. The van der Waals surface area contributed by atoms with Gasteiger partial charge in [-0.05, 0) is 32.2 Å². The van der Waals surface area contributed by atoms with E-state index in [1.54, 1.807) is 0 Å². The summed E-state index contributed by atoms with van der Waals surface area (Å²) < 4.78 is 0. The topological polar surface area (TPSA) is 52.9 Å². The van der Waals surface area contributed by atoms with Crippen LogP contribution < -0.4 is 5.32 Å². The Balaban J connectivity index is 2.59. The van der Waals surface area contributed by atoms with Crippen molar-refractivity contribution in [2.75, 3.05) is 0 Å². The minimum absolute atomic E-state index is 0.0764. The second kappa shape index (κ2) is 5.13. The van der Waals surface area contributed by atoms with E-state index in [9.17, 15) is 4.79 Å². The SMILES string of the molecule is CC(C)(C)NC(=O)CC(C#N)c1cccs1. The first-order valence-corrected chi connectivity index (χ1v) is 6.04. The third-order valence-electron chi connectivity index (χ3n) is 1.95. The van der Waals surface area contributed by atoms with Crippen molar-refractivity contribution in [3.05, 3.63) is 22.4 Å². The van der Waals surface area contributed by atoms with Crippen LogP contribution in [0.25, 0.3) is 0 Å². The van der Waals surface area contributed by atoms with Crippen molar-refractivity contribution in [1.29, 1.82) is 5.26 Å². The molecule has 0 saturated heterocycles. The summed E-state index contributed by atoms with van der Waals surface area (Å²) in [5.74, 6) is -0.408. The Morgan fingerprint density at radius 2 is 2.31 bits per heavy atom. The fraction of sp³-hybridized carbons (Fsp3) is 0.500. The average Bonchev–Trinajstić information content (AvgIpc) is 2.63. The molecular weight excluding hydrogens is 220 g/mol. The molecule has 86 valence electrons. The maximum Gasteiger partial charge on any atom is 0.222 e. The van der Waals surface area contributed by atoms with Crippen LogP contribution in [0.3, 0.4) is 0 Å². The number of carbonyl (C=O) groups is 1. The van der Waals surface area contributed by atoms with Crippen molar-refractivity contribution in [2.45, 2.75) is 38.6 Å². The molecule has 1 rings (SSSR count). The summed E-state index contributed by atoms with van der Waals surface area (Å²) in [5.41, 5.74) is -0.244. The van der Waals surface area contributed by atoms with Crippen molar-refractivity contribution in [3.8, 4) is 6.07 Å². The third kappa shape index (κ3) is 4.03. The molecule has 0 aromatic carbocycles. The number of amides is 1. The molecule has 0 fully saturated rings. The van der Waals surface area contributed by atoms with Gasteiger partial charge in [0.25, 0.3) is 0 Å². The molecule has 0 spiro atoms. The minimum atomic E-state index is -0.331. The largest absolute Gasteiger partial charge is 0.351 e. The smallest absolute Gasteiger partial charge is 0.222 e. The number of rotatable bonds is 3. The van der Waals surface area contributed by atoms with E-state index in [-0.39, 0.29) is 23.8 Å². The van der Waals surface area contributed by atoms with Crippen molar-refractivity contribution in [1.82, 2.24) is 5.32 Å². The molecule has 0 aliphatic carbocycles. The first-order chi connectivity index (χ1) is 7.42. The third-order valence-corrected chi connectivity index (χ3v) is 2.93. The number of nitrogens with one attached hydrogen (secondary N) is 1. The number of hydrogen-bond donors (Lipinski definition) is 1. The zero-order chi connectivity index (χ0) is 12.2. The van der Waals surface area contributed by atoms with Crippen molar-refractivity contribution in [3.63, 3.8) is 0 Å². The van der Waals surface area contributed by atoms with Gasteiger partial charge in [-0.25, -0.2) is 0 Å². The van der Waals surface area contributed by atoms with Crippen molar-refractivity contribution in [2.24, 2.45) is 0 Å². The normalized spacial score (nSPS) is 12.9. The molecule has 1 amide bonds. The van der Waals surface area contributed by atoms with E-state index in [0.29, 0.717) is 0 Å². The lowest BCUT2D eigenvalue weighted by Crippen LogP contribution is -2.41. The highest BCUT2D eigenvalue weighted by Gasteiger charge is 2.19. The molecule has 3 nitrogen and oxygen atoms in total. The Bertz CT molecular complexity index is 384. The Morgan fingerprint density at radius 3 is 2.75 bits per heavy atom. The zero-order valence-corrected chi connectivity index (χ0v) is 10.6. The van der Waals surface area contributed by atoms with E-state index >= 15 is 0 Å². The highest BCUT2D eigenvalue weighted by Crippen LogP contribution is 2.23. The van der Waals surface area contributed by atoms with E-state index in [0.717, 1.165) is 4.88 Å². The molecule has 0 radical (unpaired) electrons. The highest BCUT2D eigenvalue weighted by molar-refractivity contribution is 7.10. The molecule has 1 N–H and O–H groups in total. The fourth-order valence-corrected chi connectivity index (χ4v) is 2.13. The van der Waals surface area contributed by atoms with Crippen LogP contribution in [0.15, 0.2) is 17.5 Å². The second-order valence-corrected chi connectivity index (χ2v) is 5.68. The number of nitriles is 1. The molecule has 1 heterocycles. The standard InChI is InChI=1S/C12H16N2OS/c1-12(2,3)14-11(15)7-9(8-13)10-5-4-6-16-10/h4-6,9H,7H2,1-3H3,(H,14,15). The molecule has 0 saturated carbocycles. The summed E-state index contributed by atoms with van der Waals surface area (Å²) >= 11 is 1.51. The van der Waals surface area contributed by atoms with Crippen molar-refractivity contribution < 1.29 is 4.79 Å². The van der Waals surface area contributed by atoms with Gasteiger partial charge in [0.05, 0.1) is 12.0 Å². The maximum atomic E-state index is 11.7. The van der Waals surface area contributed by atoms with E-state index in [2.05, 4.69) is 11.4 Å². The lowest BCUT2D eigenvalue weighted by atomic mass is 10.0. The molecule has 4 heteroatoms. The first-order valence-electron chi connectivity index (χ1n) is 5.16. The monoisotopic (exact) mass is 236 g/mol. The Kier molecular flexibility index (Phi) is 4.08. The van der Waals surface area contributed by atoms with Gasteiger partial charge in [0, 0.05) is 16.8 Å². The summed E-state index contributed by atoms with van der Waals surface area (Å²) in [6, 6.07) is 5.96. The van der Waals surface area contributed by atoms with Gasteiger partial charge in [-0.1, -0.05) is 6.07 Å². The summed E-state index contributed by atoms with van der Waals surface area (Å²) in [7, 11) is 0. The van der Waals surface area contributed by atoms with E-state index in [1.807, 2.05) is 38.3 Å². The molecule has 1 unspecified atom stereocenters. The number of thiophene rings is 1. The molecule has 0 aliphatic heterocycles. The van der Waals surface area contributed by atoms with Crippen LogP contribution in [0.1, 0.15) is 38.0 Å². The van der Waals surface area contributed by atoms with E-state index in [4.69, 9.17) is 5.26 Å². The highest BCUT2D eigenvalue weighted by atomic mass is 32.1. The Hall–Kier alpha value is -1.34. The predicted octanol–water partition coefficient (Wildman–Crippen LogP) is 2.66. The van der Waals surface area contributed by atoms with Gasteiger partial charge in [0.1, 0.15) is 0 Å². The average molecular weight is 236 g/mol. The zero-order valence-electron chi connectivity index (χ0n) is 9.78. The van der Waals surface area contributed by atoms with Crippen LogP contribution in [-0.4, -0.2) is 11.4 Å². The second-order valence-electron chi connectivity index (χ2n) is 4.70. The van der Waals surface area contributed by atoms with Gasteiger partial charge < -0.3 is 5.32 Å². The van der Waals surface area contributed by atoms with Gasteiger partial charge in [-0.3, -0.25) is 4.79 Å². The van der Waals surface area contributed by atoms with Crippen molar-refractivity contribution >= 4 is 17.2 Å². The molecule has 0 aliphatic rings. The van der Waals surface area contributed by atoms with Gasteiger partial charge in [-0.2, -0.15) is 5.26 Å². The maximum absolute atomic E-state index is 11.7. The molecule has 16 heavy (non-hydrogen) atoms. The van der Waals surface area contributed by atoms with Gasteiger partial charge in [0.2, 0.25) is 5.91 Å². The first kappa shape index (κ1) is 12.7. The Morgan fingerprint density at radius 1 is 1.62 bits per heavy atom. The fourth-order valence-electron chi connectivity index (χ4n) is 1.35. The minimum Gasteiger partial charge on any atom is -0.351 e.